The highest BCUT2D eigenvalue weighted by Gasteiger charge is 2.18. The van der Waals surface area contributed by atoms with Crippen molar-refractivity contribution in [1.82, 2.24) is 5.32 Å². The third-order valence-corrected chi connectivity index (χ3v) is 5.30. The van der Waals surface area contributed by atoms with Crippen molar-refractivity contribution in [2.75, 3.05) is 18.6 Å². The number of benzene rings is 2. The molecule has 5 heteroatoms. The molecule has 4 nitrogen and oxygen atoms in total. The topological polar surface area (TPSA) is 41.6 Å². The van der Waals surface area contributed by atoms with Gasteiger partial charge in [-0.05, 0) is 48.2 Å². The summed E-state index contributed by atoms with van der Waals surface area (Å²) < 4.78 is 5.23. The number of nitrogens with one attached hydrogen (secondary N) is 1. The molecule has 1 amide bonds. The number of thiophene rings is 1. The molecule has 1 heterocycles. The van der Waals surface area contributed by atoms with E-state index in [9.17, 15) is 4.79 Å². The number of hydrogen-bond acceptors (Lipinski definition) is 4. The normalized spacial score (nSPS) is 11.8. The van der Waals surface area contributed by atoms with Crippen LogP contribution in [0.3, 0.4) is 0 Å². The lowest BCUT2D eigenvalue weighted by Gasteiger charge is -2.24. The largest absolute Gasteiger partial charge is 0.497 e. The van der Waals surface area contributed by atoms with Gasteiger partial charge in [0.25, 0.3) is 0 Å². The van der Waals surface area contributed by atoms with E-state index in [-0.39, 0.29) is 18.5 Å². The molecule has 0 radical (unpaired) electrons. The summed E-state index contributed by atoms with van der Waals surface area (Å²) in [6, 6.07) is 21.9. The summed E-state index contributed by atoms with van der Waals surface area (Å²) in [4.78, 5) is 16.0. The van der Waals surface area contributed by atoms with Gasteiger partial charge in [0, 0.05) is 16.6 Å². The van der Waals surface area contributed by atoms with Gasteiger partial charge in [-0.1, -0.05) is 36.4 Å². The lowest BCUT2D eigenvalue weighted by atomic mass is 10.1. The molecule has 0 unspecified atom stereocenters. The van der Waals surface area contributed by atoms with Gasteiger partial charge >= 0.3 is 0 Å². The van der Waals surface area contributed by atoms with Gasteiger partial charge in [0.15, 0.2) is 0 Å². The first-order chi connectivity index (χ1) is 13.2. The van der Waals surface area contributed by atoms with Gasteiger partial charge in [-0.3, -0.25) is 4.79 Å². The molecule has 3 rings (SSSR count). The highest BCUT2D eigenvalue weighted by Crippen LogP contribution is 2.23. The molecule has 0 spiro atoms. The minimum Gasteiger partial charge on any atom is -0.497 e. The van der Waals surface area contributed by atoms with Crippen LogP contribution in [0.2, 0.25) is 0 Å². The van der Waals surface area contributed by atoms with Crippen LogP contribution >= 0.6 is 11.3 Å². The standard InChI is InChI=1S/C22H24N2O2S/c1-17(18-7-4-3-5-8-18)23-15-22(25)24(16-21-9-6-14-27-21)19-10-12-20(26-2)13-11-19/h3-14,17,23H,15-16H2,1-2H3/t17-/m1/s1. The molecular weight excluding hydrogens is 356 g/mol. The fourth-order valence-electron chi connectivity index (χ4n) is 2.84. The molecule has 0 saturated heterocycles. The number of ether oxygens (including phenoxy) is 1. The second kappa shape index (κ2) is 9.35. The van der Waals surface area contributed by atoms with Crippen molar-refractivity contribution in [3.8, 4) is 5.75 Å². The van der Waals surface area contributed by atoms with Gasteiger partial charge in [0.2, 0.25) is 5.91 Å². The zero-order valence-electron chi connectivity index (χ0n) is 15.6. The van der Waals surface area contributed by atoms with Crippen molar-refractivity contribution in [2.24, 2.45) is 0 Å². The summed E-state index contributed by atoms with van der Waals surface area (Å²) in [5, 5.41) is 5.37. The molecule has 0 aliphatic rings. The van der Waals surface area contributed by atoms with Crippen molar-refractivity contribution in [3.05, 3.63) is 82.6 Å². The first-order valence-electron chi connectivity index (χ1n) is 8.92. The third-order valence-electron chi connectivity index (χ3n) is 4.44. The van der Waals surface area contributed by atoms with Crippen LogP contribution in [0.15, 0.2) is 72.1 Å². The number of anilines is 1. The Morgan fingerprint density at radius 2 is 1.81 bits per heavy atom. The molecule has 0 saturated carbocycles. The summed E-state index contributed by atoms with van der Waals surface area (Å²) in [5.41, 5.74) is 2.03. The van der Waals surface area contributed by atoms with Crippen molar-refractivity contribution >= 4 is 22.9 Å². The van der Waals surface area contributed by atoms with Crippen LogP contribution in [0.1, 0.15) is 23.4 Å². The zero-order chi connectivity index (χ0) is 19.1. The lowest BCUT2D eigenvalue weighted by Crippen LogP contribution is -2.38. The second-order valence-electron chi connectivity index (χ2n) is 6.27. The lowest BCUT2D eigenvalue weighted by molar-refractivity contribution is -0.118. The van der Waals surface area contributed by atoms with Crippen LogP contribution in [-0.4, -0.2) is 19.6 Å². The van der Waals surface area contributed by atoms with Crippen LogP contribution in [0.5, 0.6) is 5.75 Å². The highest BCUT2D eigenvalue weighted by molar-refractivity contribution is 7.09. The van der Waals surface area contributed by atoms with E-state index in [4.69, 9.17) is 4.74 Å². The van der Waals surface area contributed by atoms with E-state index in [0.29, 0.717) is 6.54 Å². The quantitative estimate of drug-likeness (QED) is 0.619. The van der Waals surface area contributed by atoms with Crippen LogP contribution in [0, 0.1) is 0 Å². The summed E-state index contributed by atoms with van der Waals surface area (Å²) >= 11 is 1.65. The maximum absolute atomic E-state index is 13.0. The van der Waals surface area contributed by atoms with E-state index in [1.807, 2.05) is 58.8 Å². The molecule has 1 N–H and O–H groups in total. The zero-order valence-corrected chi connectivity index (χ0v) is 16.4. The van der Waals surface area contributed by atoms with E-state index >= 15 is 0 Å². The van der Waals surface area contributed by atoms with E-state index in [2.05, 4.69) is 30.4 Å². The van der Waals surface area contributed by atoms with E-state index < -0.39 is 0 Å². The predicted molar refractivity (Wildman–Crippen MR) is 111 cm³/mol. The fourth-order valence-corrected chi connectivity index (χ4v) is 3.53. The number of methoxy groups -OCH3 is 1. The van der Waals surface area contributed by atoms with E-state index in [1.165, 1.54) is 5.56 Å². The molecule has 0 aliphatic heterocycles. The average molecular weight is 381 g/mol. The van der Waals surface area contributed by atoms with Gasteiger partial charge in [0.05, 0.1) is 20.2 Å². The molecule has 0 fully saturated rings. The average Bonchev–Trinajstić information content (AvgIpc) is 3.24. The number of amides is 1. The molecule has 3 aromatic rings. The van der Waals surface area contributed by atoms with E-state index in [1.54, 1.807) is 18.4 Å². The number of carbonyl (C=O) groups is 1. The third kappa shape index (κ3) is 5.18. The second-order valence-corrected chi connectivity index (χ2v) is 7.30. The molecule has 0 aliphatic carbocycles. The van der Waals surface area contributed by atoms with Crippen LogP contribution in [0.4, 0.5) is 5.69 Å². The molecule has 2 aromatic carbocycles. The van der Waals surface area contributed by atoms with Gasteiger partial charge < -0.3 is 15.0 Å². The predicted octanol–water partition coefficient (Wildman–Crippen LogP) is 4.64. The van der Waals surface area contributed by atoms with Gasteiger partial charge in [-0.25, -0.2) is 0 Å². The Morgan fingerprint density at radius 1 is 1.07 bits per heavy atom. The number of rotatable bonds is 8. The SMILES string of the molecule is COc1ccc(N(Cc2cccs2)C(=O)CN[C@H](C)c2ccccc2)cc1. The fraction of sp³-hybridized carbons (Fsp3) is 0.227. The first kappa shape index (κ1) is 19.1. The smallest absolute Gasteiger partial charge is 0.241 e. The Balaban J connectivity index is 1.71. The Hall–Kier alpha value is -2.63. The summed E-state index contributed by atoms with van der Waals surface area (Å²) in [6.45, 7) is 2.90. The molecule has 0 bridgehead atoms. The minimum absolute atomic E-state index is 0.0383. The van der Waals surface area contributed by atoms with Crippen molar-refractivity contribution in [1.29, 1.82) is 0 Å². The molecule has 1 aromatic heterocycles. The number of hydrogen-bond donors (Lipinski definition) is 1. The summed E-state index contributed by atoms with van der Waals surface area (Å²) in [7, 11) is 1.64. The maximum Gasteiger partial charge on any atom is 0.241 e. The maximum atomic E-state index is 13.0. The van der Waals surface area contributed by atoms with Crippen molar-refractivity contribution in [2.45, 2.75) is 19.5 Å². The molecular formula is C22H24N2O2S. The van der Waals surface area contributed by atoms with Crippen LogP contribution in [-0.2, 0) is 11.3 Å². The minimum atomic E-state index is 0.0383. The number of nitrogens with zero attached hydrogens (tertiary/aromatic N) is 1. The van der Waals surface area contributed by atoms with Crippen molar-refractivity contribution in [3.63, 3.8) is 0 Å². The molecule has 1 atom stereocenters. The van der Waals surface area contributed by atoms with Gasteiger partial charge in [-0.2, -0.15) is 0 Å². The van der Waals surface area contributed by atoms with Gasteiger partial charge in [0.1, 0.15) is 5.75 Å². The highest BCUT2D eigenvalue weighted by atomic mass is 32.1. The van der Waals surface area contributed by atoms with Crippen molar-refractivity contribution < 1.29 is 9.53 Å². The molecule has 27 heavy (non-hydrogen) atoms. The number of carbonyl (C=O) groups excluding carboxylic acids is 1. The Labute approximate surface area is 164 Å². The monoisotopic (exact) mass is 380 g/mol. The van der Waals surface area contributed by atoms with Gasteiger partial charge in [-0.15, -0.1) is 11.3 Å². The Kier molecular flexibility index (Phi) is 6.63. The Bertz CT molecular complexity index is 833. The Morgan fingerprint density at radius 3 is 2.44 bits per heavy atom. The van der Waals surface area contributed by atoms with E-state index in [0.717, 1.165) is 16.3 Å². The summed E-state index contributed by atoms with van der Waals surface area (Å²) in [6.07, 6.45) is 0. The van der Waals surface area contributed by atoms with Crippen LogP contribution < -0.4 is 15.0 Å². The molecule has 140 valence electrons. The van der Waals surface area contributed by atoms with Crippen LogP contribution in [0.25, 0.3) is 0 Å². The first-order valence-corrected chi connectivity index (χ1v) is 9.80. The summed E-state index contributed by atoms with van der Waals surface area (Å²) in [5.74, 6) is 0.814.